The van der Waals surface area contributed by atoms with Crippen LogP contribution in [0.5, 0.6) is 0 Å². The van der Waals surface area contributed by atoms with Gasteiger partial charge in [-0.3, -0.25) is 4.79 Å². The summed E-state index contributed by atoms with van der Waals surface area (Å²) in [7, 11) is 1.89. The second kappa shape index (κ2) is 4.81. The molecule has 1 amide bonds. The van der Waals surface area contributed by atoms with Crippen molar-refractivity contribution in [3.63, 3.8) is 0 Å². The Morgan fingerprint density at radius 1 is 1.15 bits per heavy atom. The highest BCUT2D eigenvalue weighted by Gasteiger charge is 2.13. The van der Waals surface area contributed by atoms with Gasteiger partial charge in [-0.1, -0.05) is 24.3 Å². The first-order valence-corrected chi connectivity index (χ1v) is 6.26. The van der Waals surface area contributed by atoms with Gasteiger partial charge in [0.15, 0.2) is 0 Å². The lowest BCUT2D eigenvalue weighted by atomic mass is 10.1. The lowest BCUT2D eigenvalue weighted by molar-refractivity contribution is 0.102. The third-order valence-corrected chi connectivity index (χ3v) is 3.22. The zero-order valence-corrected chi connectivity index (χ0v) is 10.9. The number of nitrogens with zero attached hydrogens (tertiary/aromatic N) is 1. The van der Waals surface area contributed by atoms with Gasteiger partial charge in [-0.25, -0.2) is 4.39 Å². The SMILES string of the molecule is Cn1cc(C(=O)Nc2cccc(F)c2)c2ccccc21. The minimum atomic E-state index is -0.374. The van der Waals surface area contributed by atoms with Crippen molar-refractivity contribution >= 4 is 22.5 Å². The highest BCUT2D eigenvalue weighted by molar-refractivity contribution is 6.12. The molecule has 0 spiro atoms. The van der Waals surface area contributed by atoms with Gasteiger partial charge in [0.1, 0.15) is 5.82 Å². The molecule has 2 aromatic carbocycles. The Morgan fingerprint density at radius 3 is 2.75 bits per heavy atom. The molecule has 3 rings (SSSR count). The zero-order chi connectivity index (χ0) is 14.1. The van der Waals surface area contributed by atoms with Crippen LogP contribution in [0.3, 0.4) is 0 Å². The molecule has 1 N–H and O–H groups in total. The Balaban J connectivity index is 1.97. The molecule has 1 heterocycles. The Bertz CT molecular complexity index is 792. The predicted octanol–water partition coefficient (Wildman–Crippen LogP) is 3.57. The molecule has 100 valence electrons. The van der Waals surface area contributed by atoms with Gasteiger partial charge in [0, 0.05) is 29.8 Å². The minimum absolute atomic E-state index is 0.243. The number of aromatic nitrogens is 1. The Hall–Kier alpha value is -2.62. The Kier molecular flexibility index (Phi) is 2.99. The van der Waals surface area contributed by atoms with Gasteiger partial charge in [-0.05, 0) is 24.3 Å². The van der Waals surface area contributed by atoms with E-state index >= 15 is 0 Å². The predicted molar refractivity (Wildman–Crippen MR) is 77.3 cm³/mol. The van der Waals surface area contributed by atoms with Crippen molar-refractivity contribution in [2.24, 2.45) is 7.05 Å². The fraction of sp³-hybridized carbons (Fsp3) is 0.0625. The average molecular weight is 268 g/mol. The largest absolute Gasteiger partial charge is 0.350 e. The maximum Gasteiger partial charge on any atom is 0.257 e. The number of carbonyl (C=O) groups excluding carboxylic acids is 1. The number of carbonyl (C=O) groups is 1. The number of benzene rings is 2. The first-order valence-electron chi connectivity index (χ1n) is 6.26. The van der Waals surface area contributed by atoms with E-state index in [2.05, 4.69) is 5.32 Å². The van der Waals surface area contributed by atoms with Crippen LogP contribution in [0, 0.1) is 5.82 Å². The summed E-state index contributed by atoms with van der Waals surface area (Å²) in [4.78, 5) is 12.3. The summed E-state index contributed by atoms with van der Waals surface area (Å²) in [6, 6.07) is 13.5. The molecule has 0 aliphatic rings. The number of aryl methyl sites for hydroxylation is 1. The van der Waals surface area contributed by atoms with Crippen molar-refractivity contribution in [2.75, 3.05) is 5.32 Å². The average Bonchev–Trinajstić information content (AvgIpc) is 2.77. The van der Waals surface area contributed by atoms with Gasteiger partial charge in [0.05, 0.1) is 5.56 Å². The summed E-state index contributed by atoms with van der Waals surface area (Å²) in [5.74, 6) is -0.617. The summed E-state index contributed by atoms with van der Waals surface area (Å²) in [6.45, 7) is 0. The lowest BCUT2D eigenvalue weighted by Crippen LogP contribution is -2.11. The van der Waals surface area contributed by atoms with E-state index < -0.39 is 0 Å². The van der Waals surface area contributed by atoms with E-state index in [4.69, 9.17) is 0 Å². The second-order valence-electron chi connectivity index (χ2n) is 4.64. The summed E-state index contributed by atoms with van der Waals surface area (Å²) in [5.41, 5.74) is 2.01. The highest BCUT2D eigenvalue weighted by atomic mass is 19.1. The number of rotatable bonds is 2. The van der Waals surface area contributed by atoms with Gasteiger partial charge in [-0.2, -0.15) is 0 Å². The fourth-order valence-corrected chi connectivity index (χ4v) is 2.29. The molecule has 0 aliphatic carbocycles. The van der Waals surface area contributed by atoms with Crippen LogP contribution in [0.25, 0.3) is 10.9 Å². The molecule has 4 heteroatoms. The van der Waals surface area contributed by atoms with Crippen molar-refractivity contribution in [1.82, 2.24) is 4.57 Å². The molecular formula is C16H13FN2O. The van der Waals surface area contributed by atoms with Crippen LogP contribution < -0.4 is 5.32 Å². The van der Waals surface area contributed by atoms with Gasteiger partial charge >= 0.3 is 0 Å². The fourth-order valence-electron chi connectivity index (χ4n) is 2.29. The first kappa shape index (κ1) is 12.4. The first-order chi connectivity index (χ1) is 9.65. The van der Waals surface area contributed by atoms with Crippen LogP contribution in [0.2, 0.25) is 0 Å². The van der Waals surface area contributed by atoms with E-state index in [-0.39, 0.29) is 11.7 Å². The summed E-state index contributed by atoms with van der Waals surface area (Å²) >= 11 is 0. The van der Waals surface area contributed by atoms with E-state index in [1.165, 1.54) is 12.1 Å². The molecule has 0 fully saturated rings. The van der Waals surface area contributed by atoms with Crippen LogP contribution in [0.4, 0.5) is 10.1 Å². The van der Waals surface area contributed by atoms with Crippen LogP contribution in [0.15, 0.2) is 54.7 Å². The molecule has 0 atom stereocenters. The molecule has 0 radical (unpaired) electrons. The number of fused-ring (bicyclic) bond motifs is 1. The molecule has 0 bridgehead atoms. The number of hydrogen-bond donors (Lipinski definition) is 1. The van der Waals surface area contributed by atoms with Crippen LogP contribution in [-0.2, 0) is 7.05 Å². The van der Waals surface area contributed by atoms with Gasteiger partial charge in [0.25, 0.3) is 5.91 Å². The monoisotopic (exact) mass is 268 g/mol. The number of halogens is 1. The molecule has 3 aromatic rings. The normalized spacial score (nSPS) is 10.7. The number of anilines is 1. The number of para-hydroxylation sites is 1. The van der Waals surface area contributed by atoms with E-state index in [0.29, 0.717) is 11.3 Å². The minimum Gasteiger partial charge on any atom is -0.350 e. The van der Waals surface area contributed by atoms with E-state index in [0.717, 1.165) is 10.9 Å². The lowest BCUT2D eigenvalue weighted by Gasteiger charge is -2.04. The maximum atomic E-state index is 13.1. The van der Waals surface area contributed by atoms with Crippen LogP contribution in [0.1, 0.15) is 10.4 Å². The van der Waals surface area contributed by atoms with Crippen molar-refractivity contribution in [3.8, 4) is 0 Å². The summed E-state index contributed by atoms with van der Waals surface area (Å²) in [5, 5.41) is 3.59. The third kappa shape index (κ3) is 2.16. The van der Waals surface area contributed by atoms with Crippen LogP contribution >= 0.6 is 0 Å². The highest BCUT2D eigenvalue weighted by Crippen LogP contribution is 2.21. The van der Waals surface area contributed by atoms with E-state index in [1.807, 2.05) is 35.9 Å². The number of nitrogens with one attached hydrogen (secondary N) is 1. The van der Waals surface area contributed by atoms with Crippen molar-refractivity contribution in [1.29, 1.82) is 0 Å². The smallest absolute Gasteiger partial charge is 0.257 e. The molecular weight excluding hydrogens is 255 g/mol. The standard InChI is InChI=1S/C16H13FN2O/c1-19-10-14(13-7-2-3-8-15(13)19)16(20)18-12-6-4-5-11(17)9-12/h2-10H,1H3,(H,18,20). The van der Waals surface area contributed by atoms with Crippen molar-refractivity contribution in [2.45, 2.75) is 0 Å². The molecule has 0 unspecified atom stereocenters. The maximum absolute atomic E-state index is 13.1. The van der Waals surface area contributed by atoms with Crippen molar-refractivity contribution in [3.05, 3.63) is 66.1 Å². The molecule has 3 nitrogen and oxygen atoms in total. The van der Waals surface area contributed by atoms with Gasteiger partial charge in [-0.15, -0.1) is 0 Å². The molecule has 1 aromatic heterocycles. The number of hydrogen-bond acceptors (Lipinski definition) is 1. The Morgan fingerprint density at radius 2 is 1.95 bits per heavy atom. The topological polar surface area (TPSA) is 34.0 Å². The van der Waals surface area contributed by atoms with Crippen molar-refractivity contribution < 1.29 is 9.18 Å². The van der Waals surface area contributed by atoms with E-state index in [9.17, 15) is 9.18 Å². The van der Waals surface area contributed by atoms with E-state index in [1.54, 1.807) is 18.3 Å². The quantitative estimate of drug-likeness (QED) is 0.757. The molecule has 0 saturated heterocycles. The summed E-state index contributed by atoms with van der Waals surface area (Å²) in [6.07, 6.45) is 1.78. The van der Waals surface area contributed by atoms with Gasteiger partial charge < -0.3 is 9.88 Å². The molecule has 0 aliphatic heterocycles. The summed E-state index contributed by atoms with van der Waals surface area (Å²) < 4.78 is 15.0. The Labute approximate surface area is 115 Å². The second-order valence-corrected chi connectivity index (χ2v) is 4.64. The van der Waals surface area contributed by atoms with Gasteiger partial charge in [0.2, 0.25) is 0 Å². The molecule has 0 saturated carbocycles. The van der Waals surface area contributed by atoms with Crippen LogP contribution in [-0.4, -0.2) is 10.5 Å². The number of amides is 1. The third-order valence-electron chi connectivity index (χ3n) is 3.22. The molecule has 20 heavy (non-hydrogen) atoms. The zero-order valence-electron chi connectivity index (χ0n) is 10.9.